The Hall–Kier alpha value is -2.94. The molecule has 1 heterocycles. The van der Waals surface area contributed by atoms with Gasteiger partial charge in [0.15, 0.2) is 5.75 Å². The van der Waals surface area contributed by atoms with Gasteiger partial charge in [-0.2, -0.15) is 4.55 Å². The van der Waals surface area contributed by atoms with E-state index in [2.05, 4.69) is 11.9 Å². The third-order valence-electron chi connectivity index (χ3n) is 6.00. The molecule has 180 valence electrons. The molecule has 0 aromatic heterocycles. The predicted octanol–water partition coefficient (Wildman–Crippen LogP) is 4.15. The fourth-order valence-electron chi connectivity index (χ4n) is 3.91. The van der Waals surface area contributed by atoms with Crippen molar-refractivity contribution >= 4 is 22.0 Å². The summed E-state index contributed by atoms with van der Waals surface area (Å²) in [7, 11) is -3.18. The number of hydrogen-bond acceptors (Lipinski definition) is 4. The number of nitrogens with one attached hydrogen (secondary N) is 1. The minimum atomic E-state index is -3.18. The van der Waals surface area contributed by atoms with Crippen molar-refractivity contribution in [2.75, 3.05) is 38.1 Å². The summed E-state index contributed by atoms with van der Waals surface area (Å²) in [6.45, 7) is 6.20. The Morgan fingerprint density at radius 2 is 1.68 bits per heavy atom. The van der Waals surface area contributed by atoms with E-state index in [0.29, 0.717) is 50.1 Å². The average Bonchev–Trinajstić information content (AvgIpc) is 3.67. The van der Waals surface area contributed by atoms with Crippen LogP contribution in [0.4, 0.5) is 5.69 Å². The van der Waals surface area contributed by atoms with Crippen LogP contribution >= 0.6 is 0 Å². The fourth-order valence-corrected chi connectivity index (χ4v) is 5.46. The van der Waals surface area contributed by atoms with Crippen LogP contribution in [-0.4, -0.2) is 52.5 Å². The Morgan fingerprint density at radius 3 is 2.26 bits per heavy atom. The van der Waals surface area contributed by atoms with Crippen molar-refractivity contribution in [3.8, 4) is 0 Å². The first-order valence-corrected chi connectivity index (χ1v) is 13.2. The molecule has 0 spiro atoms. The first kappa shape index (κ1) is 24.2. The number of rotatable bonds is 10. The van der Waals surface area contributed by atoms with E-state index in [-0.39, 0.29) is 17.4 Å². The Labute approximate surface area is 202 Å². The number of nitrogens with zero attached hydrogens (tertiary/aromatic N) is 2. The largest absolute Gasteiger partial charge is 0.486 e. The number of ether oxygens (including phenoxy) is 1. The van der Waals surface area contributed by atoms with Gasteiger partial charge in [0.1, 0.15) is 0 Å². The molecule has 1 unspecified atom stereocenters. The van der Waals surface area contributed by atoms with E-state index in [1.807, 2.05) is 65.6 Å². The zero-order chi connectivity index (χ0) is 24.0. The lowest BCUT2D eigenvalue weighted by Gasteiger charge is -2.35. The molecule has 2 aliphatic rings. The Kier molecular flexibility index (Phi) is 7.82. The van der Waals surface area contributed by atoms with Gasteiger partial charge >= 0.3 is 0 Å². The van der Waals surface area contributed by atoms with Crippen molar-refractivity contribution in [1.29, 1.82) is 0 Å². The number of para-hydroxylation sites is 1. The number of anilines is 1. The third-order valence-corrected chi connectivity index (χ3v) is 7.89. The van der Waals surface area contributed by atoms with Gasteiger partial charge in [0.05, 0.1) is 25.4 Å². The van der Waals surface area contributed by atoms with E-state index in [4.69, 9.17) is 4.74 Å². The summed E-state index contributed by atoms with van der Waals surface area (Å²) < 4.78 is 31.4. The van der Waals surface area contributed by atoms with E-state index >= 15 is 0 Å². The predicted molar refractivity (Wildman–Crippen MR) is 135 cm³/mol. The Morgan fingerprint density at radius 1 is 1.06 bits per heavy atom. The zero-order valence-corrected chi connectivity index (χ0v) is 20.1. The second-order valence-corrected chi connectivity index (χ2v) is 10.7. The molecule has 1 aliphatic carbocycles. The number of amides is 1. The van der Waals surface area contributed by atoms with Crippen molar-refractivity contribution in [1.82, 2.24) is 9.21 Å². The maximum Gasteiger partial charge on any atom is 0.295 e. The van der Waals surface area contributed by atoms with E-state index < -0.39 is 10.4 Å². The molecule has 2 aromatic rings. The van der Waals surface area contributed by atoms with Crippen LogP contribution in [0.3, 0.4) is 0 Å². The normalized spacial score (nSPS) is 19.0. The highest BCUT2D eigenvalue weighted by Gasteiger charge is 2.38. The second-order valence-electron chi connectivity index (χ2n) is 8.65. The van der Waals surface area contributed by atoms with Gasteiger partial charge in [0.2, 0.25) is 5.76 Å². The molecule has 1 amide bonds. The molecule has 1 saturated heterocycles. The van der Waals surface area contributed by atoms with Crippen LogP contribution in [0.1, 0.15) is 18.4 Å². The van der Waals surface area contributed by atoms with Crippen LogP contribution in [0.5, 0.6) is 0 Å². The molecule has 34 heavy (non-hydrogen) atoms. The molecule has 2 aromatic carbocycles. The smallest absolute Gasteiger partial charge is 0.295 e. The molecule has 0 bridgehead atoms. The maximum atomic E-state index is 13.2. The van der Waals surface area contributed by atoms with Gasteiger partial charge in [-0.25, -0.2) is 0 Å². The Balaban J connectivity index is 1.46. The number of carbonyl (C=O) groups excluding carboxylic acids is 1. The molecule has 8 heteroatoms. The van der Waals surface area contributed by atoms with Crippen LogP contribution in [0.15, 0.2) is 84.8 Å². The third kappa shape index (κ3) is 6.34. The zero-order valence-electron chi connectivity index (χ0n) is 19.3. The fraction of sp³-hybridized carbons (Fsp3) is 0.346. The van der Waals surface area contributed by atoms with E-state index in [9.17, 15) is 13.6 Å². The highest BCUT2D eigenvalue weighted by atomic mass is 32.3. The van der Waals surface area contributed by atoms with Gasteiger partial charge in [-0.15, -0.1) is 0 Å². The van der Waals surface area contributed by atoms with Gasteiger partial charge in [0, 0.05) is 24.3 Å². The van der Waals surface area contributed by atoms with Gasteiger partial charge in [-0.3, -0.25) is 4.79 Å². The van der Waals surface area contributed by atoms with E-state index in [1.54, 1.807) is 10.4 Å². The van der Waals surface area contributed by atoms with Crippen LogP contribution in [0.25, 0.3) is 0 Å². The van der Waals surface area contributed by atoms with Crippen LogP contribution < -0.4 is 5.32 Å². The summed E-state index contributed by atoms with van der Waals surface area (Å²) >= 11 is 0. The highest BCUT2D eigenvalue weighted by Crippen LogP contribution is 2.30. The van der Waals surface area contributed by atoms with Crippen LogP contribution in [0.2, 0.25) is 0 Å². The van der Waals surface area contributed by atoms with Crippen molar-refractivity contribution < 1.29 is 18.3 Å². The first-order valence-electron chi connectivity index (χ1n) is 11.6. The molecule has 7 nitrogen and oxygen atoms in total. The van der Waals surface area contributed by atoms with Gasteiger partial charge in [-0.1, -0.05) is 59.4 Å². The highest BCUT2D eigenvalue weighted by molar-refractivity contribution is 7.94. The number of allylic oxidation sites excluding steroid dienone is 1. The van der Waals surface area contributed by atoms with E-state index in [0.717, 1.165) is 18.4 Å². The summed E-state index contributed by atoms with van der Waals surface area (Å²) in [6.07, 6.45) is 3.87. The van der Waals surface area contributed by atoms with Crippen LogP contribution in [0, 0.1) is 5.92 Å². The minimum absolute atomic E-state index is 0.0905. The number of benzene rings is 2. The van der Waals surface area contributed by atoms with Gasteiger partial charge < -0.3 is 15.0 Å². The molecule has 2 N–H and O–H groups in total. The maximum absolute atomic E-state index is 13.2. The lowest BCUT2D eigenvalue weighted by molar-refractivity contribution is -0.116. The number of piperazine rings is 1. The van der Waals surface area contributed by atoms with Crippen molar-refractivity contribution in [2.24, 2.45) is 5.92 Å². The summed E-state index contributed by atoms with van der Waals surface area (Å²) in [5.41, 5.74) is 2.13. The molecule has 1 atom stereocenters. The minimum Gasteiger partial charge on any atom is -0.486 e. The first-order chi connectivity index (χ1) is 16.5. The van der Waals surface area contributed by atoms with Crippen LogP contribution in [-0.2, 0) is 29.9 Å². The topological polar surface area (TPSA) is 82.1 Å². The molecular weight excluding hydrogens is 450 g/mol. The molecular formula is C26H32N3O4S+. The Bertz CT molecular complexity index is 1060. The summed E-state index contributed by atoms with van der Waals surface area (Å²) in [6, 6.07) is 18.6. The van der Waals surface area contributed by atoms with Crippen molar-refractivity contribution in [3.05, 3.63) is 90.3 Å². The molecule has 1 saturated carbocycles. The molecule has 0 radical (unpaired) electrons. The van der Waals surface area contributed by atoms with Crippen molar-refractivity contribution in [3.63, 3.8) is 0 Å². The van der Waals surface area contributed by atoms with Gasteiger partial charge in [-0.05, 0) is 41.2 Å². The standard InChI is InChI=1S/C26H31N3O4S/c1-2-24(25(33-19-21-13-14-21)26(30)27-23-11-7-4-8-12-23)28-15-17-29(18-16-28)34(31,32)20-22-9-5-3-6-10-22/h2-12,21H,1,13-20H2,(H-,27,30,31,32)/p+1/b25-24-. The van der Waals surface area contributed by atoms with E-state index in [1.165, 1.54) is 0 Å². The molecule has 2 fully saturated rings. The quantitative estimate of drug-likeness (QED) is 0.230. The average molecular weight is 483 g/mol. The number of hydrogen-bond donors (Lipinski definition) is 2. The summed E-state index contributed by atoms with van der Waals surface area (Å²) in [4.78, 5) is 15.2. The van der Waals surface area contributed by atoms with Crippen molar-refractivity contribution in [2.45, 2.75) is 18.6 Å². The number of carbonyl (C=O) groups is 1. The lowest BCUT2D eigenvalue weighted by atomic mass is 10.2. The summed E-state index contributed by atoms with van der Waals surface area (Å²) in [5.74, 6) is 0.500. The second kappa shape index (κ2) is 11.0. The van der Waals surface area contributed by atoms with Gasteiger partial charge in [0.25, 0.3) is 16.3 Å². The lowest BCUT2D eigenvalue weighted by Crippen LogP contribution is -2.50. The summed E-state index contributed by atoms with van der Waals surface area (Å²) in [5, 5.41) is 2.91. The SMILES string of the molecule is C=C/C(=C(/OCC1CC1)C(=O)Nc1ccccc1)N1CCN([S+](=O)(O)Cc2ccccc2)CC1. The molecule has 1 aliphatic heterocycles. The molecule has 4 rings (SSSR count). The monoisotopic (exact) mass is 482 g/mol.